The first-order valence-corrected chi connectivity index (χ1v) is 6.23. The van der Waals surface area contributed by atoms with Gasteiger partial charge in [-0.3, -0.25) is 0 Å². The SMILES string of the molecule is CC1OCCC1(C)Nc1ncc(C(F)(F)F)cc1Cl. The molecule has 1 aromatic heterocycles. The Balaban J connectivity index is 2.23. The third kappa shape index (κ3) is 2.95. The van der Waals surface area contributed by atoms with Crippen molar-refractivity contribution in [1.29, 1.82) is 0 Å². The van der Waals surface area contributed by atoms with Crippen LogP contribution < -0.4 is 5.32 Å². The van der Waals surface area contributed by atoms with E-state index in [1.807, 2.05) is 13.8 Å². The molecule has 2 unspecified atom stereocenters. The largest absolute Gasteiger partial charge is 0.417 e. The van der Waals surface area contributed by atoms with Crippen molar-refractivity contribution in [3.05, 3.63) is 22.8 Å². The van der Waals surface area contributed by atoms with E-state index in [1.54, 1.807) is 0 Å². The Hall–Kier alpha value is -1.01. The van der Waals surface area contributed by atoms with Crippen LogP contribution in [0.2, 0.25) is 5.02 Å². The number of hydrogen-bond acceptors (Lipinski definition) is 3. The molecule has 7 heteroatoms. The van der Waals surface area contributed by atoms with E-state index in [0.29, 0.717) is 6.61 Å². The van der Waals surface area contributed by atoms with E-state index >= 15 is 0 Å². The summed E-state index contributed by atoms with van der Waals surface area (Å²) in [6.45, 7) is 4.43. The molecule has 1 fully saturated rings. The average molecular weight is 295 g/mol. The molecule has 0 aromatic carbocycles. The summed E-state index contributed by atoms with van der Waals surface area (Å²) in [5.74, 6) is 0.245. The molecule has 1 aromatic rings. The highest BCUT2D eigenvalue weighted by Crippen LogP contribution is 2.35. The van der Waals surface area contributed by atoms with Crippen molar-refractivity contribution in [3.63, 3.8) is 0 Å². The van der Waals surface area contributed by atoms with Gasteiger partial charge in [0.05, 0.1) is 22.2 Å². The highest BCUT2D eigenvalue weighted by Gasteiger charge is 2.38. The monoisotopic (exact) mass is 294 g/mol. The first-order chi connectivity index (χ1) is 8.72. The van der Waals surface area contributed by atoms with E-state index < -0.39 is 11.7 Å². The van der Waals surface area contributed by atoms with Crippen LogP contribution in [0, 0.1) is 0 Å². The Morgan fingerprint density at radius 2 is 2.21 bits per heavy atom. The van der Waals surface area contributed by atoms with Gasteiger partial charge in [0.25, 0.3) is 0 Å². The van der Waals surface area contributed by atoms with Gasteiger partial charge in [-0.25, -0.2) is 4.98 Å². The molecule has 19 heavy (non-hydrogen) atoms. The predicted molar refractivity (Wildman–Crippen MR) is 66.3 cm³/mol. The van der Waals surface area contributed by atoms with Gasteiger partial charge in [0.15, 0.2) is 0 Å². The molecule has 3 nitrogen and oxygen atoms in total. The number of pyridine rings is 1. The van der Waals surface area contributed by atoms with Gasteiger partial charge in [-0.05, 0) is 26.3 Å². The van der Waals surface area contributed by atoms with Crippen LogP contribution in [-0.4, -0.2) is 23.2 Å². The Morgan fingerprint density at radius 3 is 2.68 bits per heavy atom. The summed E-state index contributed by atoms with van der Waals surface area (Å²) in [6, 6.07) is 0.876. The first kappa shape index (κ1) is 14.4. The van der Waals surface area contributed by atoms with Gasteiger partial charge >= 0.3 is 6.18 Å². The van der Waals surface area contributed by atoms with Crippen LogP contribution in [0.15, 0.2) is 12.3 Å². The highest BCUT2D eigenvalue weighted by atomic mass is 35.5. The van der Waals surface area contributed by atoms with Crippen molar-refractivity contribution in [3.8, 4) is 0 Å². The Labute approximate surface area is 114 Å². The molecule has 106 valence electrons. The first-order valence-electron chi connectivity index (χ1n) is 5.85. The number of anilines is 1. The molecule has 0 saturated carbocycles. The summed E-state index contributed by atoms with van der Waals surface area (Å²) in [7, 11) is 0. The smallest absolute Gasteiger partial charge is 0.376 e. The minimum Gasteiger partial charge on any atom is -0.376 e. The molecule has 1 saturated heterocycles. The van der Waals surface area contributed by atoms with Crippen LogP contribution in [0.4, 0.5) is 19.0 Å². The van der Waals surface area contributed by atoms with Crippen molar-refractivity contribution < 1.29 is 17.9 Å². The maximum Gasteiger partial charge on any atom is 0.417 e. The second-order valence-corrected chi connectivity index (χ2v) is 5.26. The van der Waals surface area contributed by atoms with E-state index in [2.05, 4.69) is 10.3 Å². The molecule has 0 aliphatic carbocycles. The second-order valence-electron chi connectivity index (χ2n) is 4.86. The zero-order chi connectivity index (χ0) is 14.3. The molecule has 2 atom stereocenters. The lowest BCUT2D eigenvalue weighted by Gasteiger charge is -2.30. The van der Waals surface area contributed by atoms with E-state index in [4.69, 9.17) is 16.3 Å². The maximum atomic E-state index is 12.5. The third-order valence-electron chi connectivity index (χ3n) is 3.46. The van der Waals surface area contributed by atoms with E-state index in [9.17, 15) is 13.2 Å². The van der Waals surface area contributed by atoms with E-state index in [0.717, 1.165) is 18.7 Å². The summed E-state index contributed by atoms with van der Waals surface area (Å²) in [5, 5.41) is 3.03. The van der Waals surface area contributed by atoms with Crippen molar-refractivity contribution in [2.75, 3.05) is 11.9 Å². The number of hydrogen-bond donors (Lipinski definition) is 1. The van der Waals surface area contributed by atoms with Crippen LogP contribution in [0.25, 0.3) is 0 Å². The minimum absolute atomic E-state index is 0.0462. The number of nitrogens with one attached hydrogen (secondary N) is 1. The highest BCUT2D eigenvalue weighted by molar-refractivity contribution is 6.33. The van der Waals surface area contributed by atoms with E-state index in [1.165, 1.54) is 0 Å². The molecule has 0 amide bonds. The average Bonchev–Trinajstić information content (AvgIpc) is 2.61. The van der Waals surface area contributed by atoms with Crippen molar-refractivity contribution in [2.45, 2.75) is 38.1 Å². The summed E-state index contributed by atoms with van der Waals surface area (Å²) >= 11 is 5.86. The van der Waals surface area contributed by atoms with Crippen LogP contribution in [0.1, 0.15) is 25.8 Å². The van der Waals surface area contributed by atoms with Gasteiger partial charge in [0, 0.05) is 12.8 Å². The molecular formula is C12H14ClF3N2O. The summed E-state index contributed by atoms with van der Waals surface area (Å²) in [5.41, 5.74) is -1.24. The number of alkyl halides is 3. The van der Waals surface area contributed by atoms with Gasteiger partial charge in [0.1, 0.15) is 5.82 Å². The number of rotatable bonds is 2. The number of ether oxygens (including phenoxy) is 1. The van der Waals surface area contributed by atoms with Crippen LogP contribution in [-0.2, 0) is 10.9 Å². The van der Waals surface area contributed by atoms with Crippen LogP contribution in [0.3, 0.4) is 0 Å². The number of aromatic nitrogens is 1. The molecule has 2 rings (SSSR count). The molecule has 0 bridgehead atoms. The van der Waals surface area contributed by atoms with Crippen molar-refractivity contribution >= 4 is 17.4 Å². The fourth-order valence-electron chi connectivity index (χ4n) is 1.95. The second kappa shape index (κ2) is 4.83. The fourth-order valence-corrected chi connectivity index (χ4v) is 2.17. The van der Waals surface area contributed by atoms with Gasteiger partial charge in [0.2, 0.25) is 0 Å². The molecule has 0 spiro atoms. The fraction of sp³-hybridized carbons (Fsp3) is 0.583. The topological polar surface area (TPSA) is 34.1 Å². The van der Waals surface area contributed by atoms with Crippen molar-refractivity contribution in [1.82, 2.24) is 4.98 Å². The third-order valence-corrected chi connectivity index (χ3v) is 3.75. The van der Waals surface area contributed by atoms with Gasteiger partial charge in [-0.15, -0.1) is 0 Å². The lowest BCUT2D eigenvalue weighted by atomic mass is 9.95. The van der Waals surface area contributed by atoms with Gasteiger partial charge < -0.3 is 10.1 Å². The van der Waals surface area contributed by atoms with Crippen molar-refractivity contribution in [2.24, 2.45) is 0 Å². The van der Waals surface area contributed by atoms with Gasteiger partial charge in [-0.2, -0.15) is 13.2 Å². The van der Waals surface area contributed by atoms with E-state index in [-0.39, 0.29) is 22.5 Å². The van der Waals surface area contributed by atoms with Crippen LogP contribution >= 0.6 is 11.6 Å². The minimum atomic E-state index is -4.44. The number of nitrogens with zero attached hydrogens (tertiary/aromatic N) is 1. The summed E-state index contributed by atoms with van der Waals surface area (Å²) in [6.07, 6.45) is -2.98. The molecule has 0 radical (unpaired) electrons. The molecular weight excluding hydrogens is 281 g/mol. The quantitative estimate of drug-likeness (QED) is 0.902. The normalized spacial score (nSPS) is 27.6. The zero-order valence-electron chi connectivity index (χ0n) is 10.5. The molecule has 1 aliphatic heterocycles. The number of halogens is 4. The lowest BCUT2D eigenvalue weighted by molar-refractivity contribution is -0.137. The molecule has 2 heterocycles. The maximum absolute atomic E-state index is 12.5. The Morgan fingerprint density at radius 1 is 1.53 bits per heavy atom. The lowest BCUT2D eigenvalue weighted by Crippen LogP contribution is -2.41. The summed E-state index contributed by atoms with van der Waals surface area (Å²) in [4.78, 5) is 3.77. The zero-order valence-corrected chi connectivity index (χ0v) is 11.3. The molecule has 1 aliphatic rings. The Bertz CT molecular complexity index is 481. The molecule has 1 N–H and O–H groups in total. The summed E-state index contributed by atoms with van der Waals surface area (Å²) < 4.78 is 43.0. The Kier molecular flexibility index (Phi) is 3.66. The van der Waals surface area contributed by atoms with Crippen LogP contribution in [0.5, 0.6) is 0 Å². The predicted octanol–water partition coefficient (Wildman–Crippen LogP) is 3.73. The van der Waals surface area contributed by atoms with Gasteiger partial charge in [-0.1, -0.05) is 11.6 Å². The standard InChI is InChI=1S/C12H14ClF3N2O/c1-7-11(2,3-4-19-7)18-10-9(13)5-8(6-17-10)12(14,15)16/h5-7H,3-4H2,1-2H3,(H,17,18).